The van der Waals surface area contributed by atoms with Crippen LogP contribution in [0.25, 0.3) is 0 Å². The number of piperidine rings is 1. The summed E-state index contributed by atoms with van der Waals surface area (Å²) in [5, 5.41) is 8.47. The molecule has 7 nitrogen and oxygen atoms in total. The van der Waals surface area contributed by atoms with Gasteiger partial charge in [-0.1, -0.05) is 0 Å². The predicted molar refractivity (Wildman–Crippen MR) is 87.8 cm³/mol. The van der Waals surface area contributed by atoms with Gasteiger partial charge in [-0.25, -0.2) is 9.97 Å². The van der Waals surface area contributed by atoms with Crippen LogP contribution in [0.2, 0.25) is 0 Å². The Hall–Kier alpha value is -2.18. The predicted octanol–water partition coefficient (Wildman–Crippen LogP) is 2.43. The van der Waals surface area contributed by atoms with Crippen LogP contribution in [0.15, 0.2) is 18.7 Å². The van der Waals surface area contributed by atoms with Gasteiger partial charge in [-0.15, -0.1) is 10.2 Å². The Morgan fingerprint density at radius 3 is 3.00 bits per heavy atom. The van der Waals surface area contributed by atoms with Crippen LogP contribution in [0.5, 0.6) is 5.88 Å². The zero-order valence-electron chi connectivity index (χ0n) is 14.0. The molecule has 0 amide bonds. The van der Waals surface area contributed by atoms with Gasteiger partial charge >= 0.3 is 0 Å². The lowest BCUT2D eigenvalue weighted by molar-refractivity contribution is 0.326. The summed E-state index contributed by atoms with van der Waals surface area (Å²) in [7, 11) is 0. The maximum absolute atomic E-state index is 5.48. The molecule has 0 spiro atoms. The van der Waals surface area contributed by atoms with E-state index < -0.39 is 0 Å². The van der Waals surface area contributed by atoms with Gasteiger partial charge in [-0.3, -0.25) is 0 Å². The topological polar surface area (TPSA) is 69.0 Å². The van der Waals surface area contributed by atoms with Gasteiger partial charge in [0.1, 0.15) is 24.3 Å². The second-order valence-corrected chi connectivity index (χ2v) is 6.12. The number of anilines is 1. The van der Waals surface area contributed by atoms with E-state index >= 15 is 0 Å². The van der Waals surface area contributed by atoms with E-state index in [0.717, 1.165) is 37.6 Å². The molecular formula is C16H24N6O. The average Bonchev–Trinajstić information content (AvgIpc) is 3.06. The molecule has 0 N–H and O–H groups in total. The van der Waals surface area contributed by atoms with Crippen molar-refractivity contribution in [1.82, 2.24) is 24.7 Å². The largest absolute Gasteiger partial charge is 0.478 e. The molecule has 1 aliphatic rings. The molecule has 7 heteroatoms. The van der Waals surface area contributed by atoms with Crippen LogP contribution in [0.4, 0.5) is 5.82 Å². The Morgan fingerprint density at radius 1 is 1.35 bits per heavy atom. The molecule has 1 aliphatic heterocycles. The number of ether oxygens (including phenoxy) is 1. The fourth-order valence-electron chi connectivity index (χ4n) is 3.07. The number of hydrogen-bond donors (Lipinski definition) is 0. The lowest BCUT2D eigenvalue weighted by Gasteiger charge is -2.33. The summed E-state index contributed by atoms with van der Waals surface area (Å²) < 4.78 is 7.65. The first-order valence-corrected chi connectivity index (χ1v) is 8.28. The Kier molecular flexibility index (Phi) is 4.73. The summed E-state index contributed by atoms with van der Waals surface area (Å²) in [6.07, 6.45) is 5.65. The van der Waals surface area contributed by atoms with Crippen LogP contribution in [0, 0.1) is 0 Å². The van der Waals surface area contributed by atoms with Gasteiger partial charge in [-0.2, -0.15) is 0 Å². The fourth-order valence-corrected chi connectivity index (χ4v) is 3.07. The molecule has 1 saturated heterocycles. The third-order valence-electron chi connectivity index (χ3n) is 4.19. The van der Waals surface area contributed by atoms with E-state index in [1.807, 2.05) is 19.3 Å². The molecular weight excluding hydrogens is 292 g/mol. The number of rotatable bonds is 5. The van der Waals surface area contributed by atoms with E-state index in [2.05, 4.69) is 43.5 Å². The minimum absolute atomic E-state index is 0.374. The van der Waals surface area contributed by atoms with Crippen molar-refractivity contribution in [2.24, 2.45) is 0 Å². The highest BCUT2D eigenvalue weighted by Crippen LogP contribution is 2.29. The van der Waals surface area contributed by atoms with Crippen molar-refractivity contribution in [1.29, 1.82) is 0 Å². The molecule has 0 aromatic carbocycles. The molecule has 124 valence electrons. The van der Waals surface area contributed by atoms with E-state index in [9.17, 15) is 0 Å². The molecule has 23 heavy (non-hydrogen) atoms. The van der Waals surface area contributed by atoms with Crippen LogP contribution in [0.1, 0.15) is 51.4 Å². The summed E-state index contributed by atoms with van der Waals surface area (Å²) in [5.74, 6) is 3.00. The zero-order valence-corrected chi connectivity index (χ0v) is 14.0. The van der Waals surface area contributed by atoms with Crippen LogP contribution in [-0.2, 0) is 0 Å². The lowest BCUT2D eigenvalue weighted by Crippen LogP contribution is -2.36. The quantitative estimate of drug-likeness (QED) is 0.844. The molecule has 0 bridgehead atoms. The number of aromatic nitrogens is 5. The first-order valence-electron chi connectivity index (χ1n) is 8.28. The maximum atomic E-state index is 5.48. The van der Waals surface area contributed by atoms with E-state index in [4.69, 9.17) is 4.74 Å². The molecule has 1 atom stereocenters. The standard InChI is InChI=1S/C16H24N6O/c1-4-23-15-8-14(17-10-18-15)21-7-5-6-13(9-21)16-20-19-11-22(16)12(2)3/h8,10-13H,4-7,9H2,1-3H3/t13-/m0/s1. The monoisotopic (exact) mass is 316 g/mol. The van der Waals surface area contributed by atoms with E-state index in [-0.39, 0.29) is 0 Å². The second kappa shape index (κ2) is 6.93. The fraction of sp³-hybridized carbons (Fsp3) is 0.625. The minimum atomic E-state index is 0.374. The third-order valence-corrected chi connectivity index (χ3v) is 4.19. The van der Waals surface area contributed by atoms with Gasteiger partial charge in [0.05, 0.1) is 6.61 Å². The van der Waals surface area contributed by atoms with E-state index in [0.29, 0.717) is 24.4 Å². The molecule has 0 saturated carbocycles. The smallest absolute Gasteiger partial charge is 0.218 e. The summed E-state index contributed by atoms with van der Waals surface area (Å²) in [4.78, 5) is 10.8. The van der Waals surface area contributed by atoms with Crippen LogP contribution in [-0.4, -0.2) is 44.4 Å². The molecule has 3 rings (SSSR count). The molecule has 0 unspecified atom stereocenters. The maximum Gasteiger partial charge on any atom is 0.218 e. The Bertz CT molecular complexity index is 641. The average molecular weight is 316 g/mol. The number of hydrogen-bond acceptors (Lipinski definition) is 6. The number of nitrogens with zero attached hydrogens (tertiary/aromatic N) is 6. The van der Waals surface area contributed by atoms with Crippen molar-refractivity contribution in [2.45, 2.75) is 45.6 Å². The van der Waals surface area contributed by atoms with Crippen molar-refractivity contribution >= 4 is 5.82 Å². The molecule has 2 aromatic heterocycles. The second-order valence-electron chi connectivity index (χ2n) is 6.12. The summed E-state index contributed by atoms with van der Waals surface area (Å²) in [6.45, 7) is 8.77. The third kappa shape index (κ3) is 3.43. The Morgan fingerprint density at radius 2 is 2.22 bits per heavy atom. The van der Waals surface area contributed by atoms with Crippen molar-refractivity contribution in [3.63, 3.8) is 0 Å². The first kappa shape index (κ1) is 15.7. The molecule has 3 heterocycles. The minimum Gasteiger partial charge on any atom is -0.478 e. The zero-order chi connectivity index (χ0) is 16.2. The summed E-state index contributed by atoms with van der Waals surface area (Å²) in [6, 6.07) is 2.29. The van der Waals surface area contributed by atoms with E-state index in [1.165, 1.54) is 0 Å². The SMILES string of the molecule is CCOc1cc(N2CCC[C@H](c3nncn3C(C)C)C2)ncn1. The molecule has 0 aliphatic carbocycles. The van der Waals surface area contributed by atoms with Crippen molar-refractivity contribution in [3.05, 3.63) is 24.5 Å². The van der Waals surface area contributed by atoms with Gasteiger partial charge in [-0.05, 0) is 33.6 Å². The highest BCUT2D eigenvalue weighted by Gasteiger charge is 2.26. The molecule has 1 fully saturated rings. The van der Waals surface area contributed by atoms with Crippen LogP contribution >= 0.6 is 0 Å². The highest BCUT2D eigenvalue weighted by atomic mass is 16.5. The Labute approximate surface area is 136 Å². The normalized spacial score (nSPS) is 18.4. The molecule has 2 aromatic rings. The van der Waals surface area contributed by atoms with Crippen LogP contribution in [0.3, 0.4) is 0 Å². The lowest BCUT2D eigenvalue weighted by atomic mass is 9.97. The summed E-state index contributed by atoms with van der Waals surface area (Å²) >= 11 is 0. The molecule has 0 radical (unpaired) electrons. The van der Waals surface area contributed by atoms with Crippen molar-refractivity contribution in [3.8, 4) is 5.88 Å². The Balaban J connectivity index is 1.78. The highest BCUT2D eigenvalue weighted by molar-refractivity contribution is 5.41. The van der Waals surface area contributed by atoms with Crippen LogP contribution < -0.4 is 9.64 Å². The van der Waals surface area contributed by atoms with Gasteiger partial charge in [0, 0.05) is 31.1 Å². The summed E-state index contributed by atoms with van der Waals surface area (Å²) in [5.41, 5.74) is 0. The van der Waals surface area contributed by atoms with Gasteiger partial charge < -0.3 is 14.2 Å². The van der Waals surface area contributed by atoms with Gasteiger partial charge in [0.25, 0.3) is 0 Å². The van der Waals surface area contributed by atoms with Gasteiger partial charge in [0.2, 0.25) is 5.88 Å². The van der Waals surface area contributed by atoms with Crippen molar-refractivity contribution < 1.29 is 4.74 Å². The van der Waals surface area contributed by atoms with Crippen molar-refractivity contribution in [2.75, 3.05) is 24.6 Å². The van der Waals surface area contributed by atoms with Gasteiger partial charge in [0.15, 0.2) is 0 Å². The first-order chi connectivity index (χ1) is 11.2. The van der Waals surface area contributed by atoms with E-state index in [1.54, 1.807) is 6.33 Å².